The predicted octanol–water partition coefficient (Wildman–Crippen LogP) is -0.503. The van der Waals surface area contributed by atoms with E-state index in [0.717, 1.165) is 10.8 Å². The normalized spacial score (nSPS) is 12.0. The number of carbonyl (C=O) groups is 2. The van der Waals surface area contributed by atoms with Crippen molar-refractivity contribution in [3.8, 4) is 0 Å². The Morgan fingerprint density at radius 1 is 1.22 bits per heavy atom. The maximum Gasteiger partial charge on any atom is 0.230 e. The molecule has 1 atom stereocenters. The van der Waals surface area contributed by atoms with Crippen molar-refractivity contribution in [3.05, 3.63) is 42.5 Å². The SMILES string of the molecule is COCC[NH2+][C@@H](CC(=O)Nc1ccc2ccccc2c1)C(=O)[O-]. The van der Waals surface area contributed by atoms with E-state index in [-0.39, 0.29) is 12.3 Å². The van der Waals surface area contributed by atoms with Crippen LogP contribution in [0, 0.1) is 0 Å². The maximum absolute atomic E-state index is 12.0. The number of nitrogens with one attached hydrogen (secondary N) is 1. The van der Waals surface area contributed by atoms with E-state index >= 15 is 0 Å². The van der Waals surface area contributed by atoms with Gasteiger partial charge in [0.15, 0.2) is 0 Å². The highest BCUT2D eigenvalue weighted by Crippen LogP contribution is 2.18. The minimum absolute atomic E-state index is 0.154. The molecule has 0 aliphatic heterocycles. The zero-order chi connectivity index (χ0) is 16.7. The molecule has 0 fully saturated rings. The van der Waals surface area contributed by atoms with Gasteiger partial charge in [0.2, 0.25) is 5.91 Å². The van der Waals surface area contributed by atoms with Gasteiger partial charge in [-0.25, -0.2) is 0 Å². The van der Waals surface area contributed by atoms with E-state index in [4.69, 9.17) is 4.74 Å². The molecule has 0 aromatic heterocycles. The second kappa shape index (κ2) is 8.26. The fourth-order valence-electron chi connectivity index (χ4n) is 2.33. The van der Waals surface area contributed by atoms with Crippen LogP contribution in [-0.2, 0) is 14.3 Å². The Morgan fingerprint density at radius 2 is 1.96 bits per heavy atom. The van der Waals surface area contributed by atoms with Gasteiger partial charge < -0.3 is 25.3 Å². The molecule has 0 bridgehead atoms. The lowest BCUT2D eigenvalue weighted by Crippen LogP contribution is -2.94. The maximum atomic E-state index is 12.0. The fourth-order valence-corrected chi connectivity index (χ4v) is 2.33. The first-order valence-corrected chi connectivity index (χ1v) is 7.42. The first kappa shape index (κ1) is 16.9. The summed E-state index contributed by atoms with van der Waals surface area (Å²) in [6.07, 6.45) is -0.154. The van der Waals surface area contributed by atoms with Crippen LogP contribution in [0.25, 0.3) is 10.8 Å². The van der Waals surface area contributed by atoms with Crippen molar-refractivity contribution < 1.29 is 24.7 Å². The highest BCUT2D eigenvalue weighted by Gasteiger charge is 2.18. The molecule has 0 unspecified atom stereocenters. The standard InChI is InChI=1S/C17H20N2O4/c1-23-9-8-18-15(17(21)22)11-16(20)19-14-7-6-12-4-2-3-5-13(12)10-14/h2-7,10,15,18H,8-9,11H2,1H3,(H,19,20)(H,21,22)/t15-/m0/s1. The van der Waals surface area contributed by atoms with Gasteiger partial charge in [0.1, 0.15) is 6.04 Å². The second-order valence-electron chi connectivity index (χ2n) is 5.26. The lowest BCUT2D eigenvalue weighted by Gasteiger charge is -2.16. The number of hydrogen-bond donors (Lipinski definition) is 2. The van der Waals surface area contributed by atoms with Crippen LogP contribution in [-0.4, -0.2) is 38.2 Å². The molecular weight excluding hydrogens is 296 g/mol. The number of rotatable bonds is 8. The van der Waals surface area contributed by atoms with Crippen molar-refractivity contribution in [1.82, 2.24) is 0 Å². The topological polar surface area (TPSA) is 95.1 Å². The van der Waals surface area contributed by atoms with Gasteiger partial charge in [0, 0.05) is 12.8 Å². The Labute approximate surface area is 134 Å². The quantitative estimate of drug-likeness (QED) is 0.642. The van der Waals surface area contributed by atoms with E-state index in [1.54, 1.807) is 11.4 Å². The van der Waals surface area contributed by atoms with Gasteiger partial charge in [-0.1, -0.05) is 30.3 Å². The Kier molecular flexibility index (Phi) is 6.08. The first-order chi connectivity index (χ1) is 11.1. The molecule has 2 rings (SSSR count). The molecule has 0 aliphatic carbocycles. The molecule has 6 nitrogen and oxygen atoms in total. The lowest BCUT2D eigenvalue weighted by molar-refractivity contribution is -0.683. The molecule has 1 amide bonds. The third-order valence-corrected chi connectivity index (χ3v) is 3.51. The largest absolute Gasteiger partial charge is 0.544 e. The Bertz CT molecular complexity index is 687. The van der Waals surface area contributed by atoms with Gasteiger partial charge in [-0.3, -0.25) is 4.79 Å². The summed E-state index contributed by atoms with van der Waals surface area (Å²) >= 11 is 0. The van der Waals surface area contributed by atoms with Crippen LogP contribution < -0.4 is 15.7 Å². The van der Waals surface area contributed by atoms with Crippen LogP contribution in [0.5, 0.6) is 0 Å². The van der Waals surface area contributed by atoms with E-state index in [1.807, 2.05) is 36.4 Å². The predicted molar refractivity (Wildman–Crippen MR) is 84.7 cm³/mol. The first-order valence-electron chi connectivity index (χ1n) is 7.42. The molecule has 0 radical (unpaired) electrons. The molecule has 0 saturated heterocycles. The van der Waals surface area contributed by atoms with Crippen LogP contribution in [0.4, 0.5) is 5.69 Å². The van der Waals surface area contributed by atoms with Crippen molar-refractivity contribution in [2.24, 2.45) is 0 Å². The Morgan fingerprint density at radius 3 is 2.65 bits per heavy atom. The zero-order valence-corrected chi connectivity index (χ0v) is 13.0. The average Bonchev–Trinajstić information content (AvgIpc) is 2.54. The highest BCUT2D eigenvalue weighted by atomic mass is 16.5. The number of amides is 1. The fraction of sp³-hybridized carbons (Fsp3) is 0.294. The monoisotopic (exact) mass is 316 g/mol. The zero-order valence-electron chi connectivity index (χ0n) is 13.0. The van der Waals surface area contributed by atoms with Gasteiger partial charge in [-0.15, -0.1) is 0 Å². The number of fused-ring (bicyclic) bond motifs is 1. The van der Waals surface area contributed by atoms with E-state index in [9.17, 15) is 14.7 Å². The van der Waals surface area contributed by atoms with Crippen LogP contribution in [0.15, 0.2) is 42.5 Å². The molecule has 6 heteroatoms. The summed E-state index contributed by atoms with van der Waals surface area (Å²) < 4.78 is 4.87. The molecule has 0 spiro atoms. The molecule has 122 valence electrons. The van der Waals surface area contributed by atoms with Gasteiger partial charge >= 0.3 is 0 Å². The summed E-state index contributed by atoms with van der Waals surface area (Å²) in [6.45, 7) is 0.870. The van der Waals surface area contributed by atoms with Crippen LogP contribution in [0.3, 0.4) is 0 Å². The van der Waals surface area contributed by atoms with Gasteiger partial charge in [-0.2, -0.15) is 0 Å². The van der Waals surface area contributed by atoms with Crippen molar-refractivity contribution in [2.75, 3.05) is 25.6 Å². The van der Waals surface area contributed by atoms with Gasteiger partial charge in [0.25, 0.3) is 0 Å². The summed E-state index contributed by atoms with van der Waals surface area (Å²) in [5, 5.41) is 17.4. The van der Waals surface area contributed by atoms with Crippen molar-refractivity contribution in [3.63, 3.8) is 0 Å². The number of anilines is 1. The van der Waals surface area contributed by atoms with E-state index in [0.29, 0.717) is 18.8 Å². The minimum atomic E-state index is -1.25. The number of nitrogens with two attached hydrogens (primary N) is 1. The highest BCUT2D eigenvalue weighted by molar-refractivity contribution is 5.96. The molecule has 0 aliphatic rings. The molecule has 2 aromatic carbocycles. The number of benzene rings is 2. The molecule has 3 N–H and O–H groups in total. The number of carboxylic acids is 1. The number of methoxy groups -OCH3 is 1. The number of aliphatic carboxylic acids is 1. The lowest BCUT2D eigenvalue weighted by atomic mass is 10.1. The summed E-state index contributed by atoms with van der Waals surface area (Å²) in [6, 6.07) is 12.4. The van der Waals surface area contributed by atoms with Crippen molar-refractivity contribution >= 4 is 28.3 Å². The van der Waals surface area contributed by atoms with Crippen molar-refractivity contribution in [2.45, 2.75) is 12.5 Å². The van der Waals surface area contributed by atoms with Crippen LogP contribution in [0.1, 0.15) is 6.42 Å². The molecule has 2 aromatic rings. The van der Waals surface area contributed by atoms with Gasteiger partial charge in [0.05, 0.1) is 25.5 Å². The summed E-state index contributed by atoms with van der Waals surface area (Å²) in [5.41, 5.74) is 0.641. The second-order valence-corrected chi connectivity index (χ2v) is 5.26. The smallest absolute Gasteiger partial charge is 0.230 e. The number of ether oxygens (including phenoxy) is 1. The van der Waals surface area contributed by atoms with E-state index in [2.05, 4.69) is 5.32 Å². The molecule has 0 heterocycles. The third-order valence-electron chi connectivity index (χ3n) is 3.51. The number of carboxylic acid groups (broad SMARTS) is 1. The molecular formula is C17H20N2O4. The minimum Gasteiger partial charge on any atom is -0.544 e. The molecule has 23 heavy (non-hydrogen) atoms. The average molecular weight is 316 g/mol. The van der Waals surface area contributed by atoms with Crippen LogP contribution >= 0.6 is 0 Å². The number of quaternary nitrogens is 1. The summed E-state index contributed by atoms with van der Waals surface area (Å²) in [7, 11) is 1.54. The van der Waals surface area contributed by atoms with Crippen molar-refractivity contribution in [1.29, 1.82) is 0 Å². The molecule has 0 saturated carbocycles. The summed E-state index contributed by atoms with van der Waals surface area (Å²) in [4.78, 5) is 23.1. The van der Waals surface area contributed by atoms with E-state index in [1.165, 1.54) is 7.11 Å². The Hall–Kier alpha value is -2.44. The van der Waals surface area contributed by atoms with E-state index < -0.39 is 12.0 Å². The third kappa shape index (κ3) is 5.05. The summed E-state index contributed by atoms with van der Waals surface area (Å²) in [5.74, 6) is -1.61. The Balaban J connectivity index is 1.97. The number of hydrogen-bond acceptors (Lipinski definition) is 4. The number of carbonyl (C=O) groups excluding carboxylic acids is 2. The van der Waals surface area contributed by atoms with Crippen LogP contribution in [0.2, 0.25) is 0 Å². The van der Waals surface area contributed by atoms with Gasteiger partial charge in [-0.05, 0) is 22.9 Å².